The zero-order chi connectivity index (χ0) is 17.8. The van der Waals surface area contributed by atoms with E-state index >= 15 is 0 Å². The number of imide groups is 1. The Balaban J connectivity index is 2.30. The second-order valence-corrected chi connectivity index (χ2v) is 6.46. The number of benzene rings is 1. The number of Topliss-reactive ketones (excluding diaryl/α,β-unsaturated/α-hetero) is 1. The van der Waals surface area contributed by atoms with Crippen LogP contribution in [0.25, 0.3) is 0 Å². The molecule has 0 unspecified atom stereocenters. The molecule has 0 bridgehead atoms. The van der Waals surface area contributed by atoms with E-state index in [0.29, 0.717) is 0 Å². The Hall–Kier alpha value is -2.18. The summed E-state index contributed by atoms with van der Waals surface area (Å²) in [5.41, 5.74) is -0.685. The van der Waals surface area contributed by atoms with Crippen molar-refractivity contribution in [2.24, 2.45) is 5.18 Å². The van der Waals surface area contributed by atoms with Crippen LogP contribution in [0.2, 0.25) is 0 Å². The number of carbonyl (C=O) groups is 3. The monoisotopic (exact) mass is 354 g/mol. The molecule has 2 amide bonds. The maximum Gasteiger partial charge on any atom is 0.278 e. The molecule has 3 rings (SSSR count). The predicted molar refractivity (Wildman–Crippen MR) is 77.2 cm³/mol. The van der Waals surface area contributed by atoms with E-state index in [-0.39, 0.29) is 33.3 Å². The Bertz CT molecular complexity index is 796. The van der Waals surface area contributed by atoms with E-state index in [2.05, 4.69) is 5.18 Å². The molecule has 1 aromatic rings. The lowest BCUT2D eigenvalue weighted by molar-refractivity contribution is -0.106. The van der Waals surface area contributed by atoms with Gasteiger partial charge in [-0.3, -0.25) is 19.7 Å². The molecule has 0 saturated heterocycles. The number of thioether (sulfide) groups is 1. The van der Waals surface area contributed by atoms with E-state index in [9.17, 15) is 39.7 Å². The van der Waals surface area contributed by atoms with Crippen molar-refractivity contribution in [1.82, 2.24) is 5.32 Å². The molecule has 126 valence electrons. The van der Waals surface area contributed by atoms with E-state index in [1.807, 2.05) is 5.32 Å². The third-order valence-electron chi connectivity index (χ3n) is 3.81. The molecule has 4 atom stereocenters. The third kappa shape index (κ3) is 2.17. The normalized spacial score (nSPS) is 32.5. The number of ketones is 1. The summed E-state index contributed by atoms with van der Waals surface area (Å²) in [6.45, 7) is 0. The highest BCUT2D eigenvalue weighted by atomic mass is 32.2. The topological polar surface area (TPSA) is 174 Å². The summed E-state index contributed by atoms with van der Waals surface area (Å²) in [7, 11) is 0. The van der Waals surface area contributed by atoms with Crippen LogP contribution in [0.3, 0.4) is 0 Å². The lowest BCUT2D eigenvalue weighted by Crippen LogP contribution is -2.53. The molecule has 0 aliphatic carbocycles. The molecule has 0 aromatic heterocycles. The molecule has 24 heavy (non-hydrogen) atoms. The highest BCUT2D eigenvalue weighted by molar-refractivity contribution is 8.00. The summed E-state index contributed by atoms with van der Waals surface area (Å²) in [6.07, 6.45) is -6.68. The van der Waals surface area contributed by atoms with Gasteiger partial charge in [-0.05, 0) is 17.3 Å². The van der Waals surface area contributed by atoms with Crippen molar-refractivity contribution in [1.29, 1.82) is 0 Å². The first kappa shape index (κ1) is 16.7. The predicted octanol–water partition coefficient (Wildman–Crippen LogP) is -1.65. The molecule has 0 fully saturated rings. The quantitative estimate of drug-likeness (QED) is 0.292. The number of fused-ring (bicyclic) bond motifs is 3. The van der Waals surface area contributed by atoms with Gasteiger partial charge in [-0.15, -0.1) is 4.91 Å². The highest BCUT2D eigenvalue weighted by Crippen LogP contribution is 2.44. The number of nitrogens with one attached hydrogen (secondary N) is 1. The van der Waals surface area contributed by atoms with Crippen LogP contribution in [0.1, 0.15) is 31.1 Å². The second-order valence-electron chi connectivity index (χ2n) is 5.24. The minimum absolute atomic E-state index is 0.0996. The van der Waals surface area contributed by atoms with Crippen LogP contribution in [0.15, 0.2) is 22.2 Å². The van der Waals surface area contributed by atoms with Crippen molar-refractivity contribution in [2.45, 2.75) is 28.3 Å². The van der Waals surface area contributed by atoms with E-state index in [0.717, 1.165) is 12.1 Å². The van der Waals surface area contributed by atoms with Crippen molar-refractivity contribution >= 4 is 29.4 Å². The zero-order valence-corrected chi connectivity index (χ0v) is 12.5. The number of carbonyl (C=O) groups excluding carboxylic acids is 3. The van der Waals surface area contributed by atoms with Gasteiger partial charge in [0.25, 0.3) is 16.9 Å². The average Bonchev–Trinajstić information content (AvgIpc) is 2.86. The van der Waals surface area contributed by atoms with Crippen LogP contribution in [0, 0.1) is 4.91 Å². The number of hydrogen-bond acceptors (Lipinski definition) is 10. The molecule has 0 radical (unpaired) electrons. The number of amides is 2. The van der Waals surface area contributed by atoms with Gasteiger partial charge in [-0.2, -0.15) is 0 Å². The molecule has 2 aliphatic heterocycles. The van der Waals surface area contributed by atoms with Crippen molar-refractivity contribution in [3.8, 4) is 0 Å². The minimum Gasteiger partial charge on any atom is -0.387 e. The standard InChI is InChI=1S/C13H10N2O8S/c16-6-4-2-1-3-5(12(21)14-11(3)20)9(4)24-13(22,15-23)10(19)8(18)7(6)17/h1-2,7-8,10,17-19,22H,(H,14,20,21)/t7-,8+,10-,13+/m1/s1. The molecule has 2 aliphatic rings. The molecular weight excluding hydrogens is 344 g/mol. The number of hydrogen-bond donors (Lipinski definition) is 5. The molecular formula is C13H10N2O8S. The summed E-state index contributed by atoms with van der Waals surface area (Å²) in [5.74, 6) is -2.66. The Morgan fingerprint density at radius 1 is 1.08 bits per heavy atom. The third-order valence-corrected chi connectivity index (χ3v) is 5.05. The minimum atomic E-state index is -2.89. The number of nitrogens with zero attached hydrogens (tertiary/aromatic N) is 1. The summed E-state index contributed by atoms with van der Waals surface area (Å²) in [6, 6.07) is 2.28. The fourth-order valence-corrected chi connectivity index (χ4v) is 3.70. The number of aliphatic hydroxyl groups is 4. The van der Waals surface area contributed by atoms with E-state index in [4.69, 9.17) is 0 Å². The first-order valence-electron chi connectivity index (χ1n) is 6.58. The Morgan fingerprint density at radius 2 is 1.71 bits per heavy atom. The smallest absolute Gasteiger partial charge is 0.278 e. The van der Waals surface area contributed by atoms with Gasteiger partial charge in [0.15, 0.2) is 5.78 Å². The fourth-order valence-electron chi connectivity index (χ4n) is 2.52. The van der Waals surface area contributed by atoms with Crippen LogP contribution < -0.4 is 5.32 Å². The van der Waals surface area contributed by atoms with Crippen LogP contribution in [0.5, 0.6) is 0 Å². The number of nitroso groups, excluding NO2 is 1. The van der Waals surface area contributed by atoms with Crippen LogP contribution in [-0.4, -0.2) is 61.4 Å². The van der Waals surface area contributed by atoms with Crippen molar-refractivity contribution in [3.63, 3.8) is 0 Å². The van der Waals surface area contributed by atoms with Crippen molar-refractivity contribution < 1.29 is 34.8 Å². The van der Waals surface area contributed by atoms with Gasteiger partial charge in [0.1, 0.15) is 18.3 Å². The van der Waals surface area contributed by atoms with Crippen molar-refractivity contribution in [2.75, 3.05) is 0 Å². The van der Waals surface area contributed by atoms with E-state index < -0.39 is 41.0 Å². The van der Waals surface area contributed by atoms with Gasteiger partial charge in [0, 0.05) is 10.5 Å². The summed E-state index contributed by atoms with van der Waals surface area (Å²) in [5, 5.41) is 41.2. The number of aliphatic hydroxyl groups excluding tert-OH is 3. The zero-order valence-electron chi connectivity index (χ0n) is 11.7. The van der Waals surface area contributed by atoms with E-state index in [1.54, 1.807) is 0 Å². The molecule has 5 N–H and O–H groups in total. The summed E-state index contributed by atoms with van der Waals surface area (Å²) < 4.78 is 0. The fraction of sp³-hybridized carbons (Fsp3) is 0.308. The maximum absolute atomic E-state index is 12.3. The van der Waals surface area contributed by atoms with Gasteiger partial charge >= 0.3 is 0 Å². The maximum atomic E-state index is 12.3. The van der Waals surface area contributed by atoms with Gasteiger partial charge in [-0.25, -0.2) is 0 Å². The first-order chi connectivity index (χ1) is 11.2. The largest absolute Gasteiger partial charge is 0.387 e. The molecule has 2 heterocycles. The number of rotatable bonds is 1. The van der Waals surface area contributed by atoms with E-state index in [1.165, 1.54) is 0 Å². The second kappa shape index (κ2) is 5.43. The Labute approximate surface area is 137 Å². The summed E-state index contributed by atoms with van der Waals surface area (Å²) in [4.78, 5) is 46.7. The molecule has 10 nitrogen and oxygen atoms in total. The van der Waals surface area contributed by atoms with Gasteiger partial charge in [-0.1, -0.05) is 11.8 Å². The van der Waals surface area contributed by atoms with Crippen LogP contribution >= 0.6 is 11.8 Å². The Kier molecular flexibility index (Phi) is 3.77. The highest BCUT2D eigenvalue weighted by Gasteiger charge is 2.51. The first-order valence-corrected chi connectivity index (χ1v) is 7.40. The van der Waals surface area contributed by atoms with Crippen LogP contribution in [-0.2, 0) is 0 Å². The van der Waals surface area contributed by atoms with Crippen molar-refractivity contribution in [3.05, 3.63) is 33.7 Å². The Morgan fingerprint density at radius 3 is 2.33 bits per heavy atom. The molecule has 0 saturated carbocycles. The lowest BCUT2D eigenvalue weighted by Gasteiger charge is -2.33. The molecule has 11 heteroatoms. The van der Waals surface area contributed by atoms with Crippen LogP contribution in [0.4, 0.5) is 0 Å². The van der Waals surface area contributed by atoms with Gasteiger partial charge < -0.3 is 20.4 Å². The lowest BCUT2D eigenvalue weighted by atomic mass is 9.95. The molecule has 0 spiro atoms. The SMILES string of the molecule is O=N[C@@]1(O)Sc2c(ccc3c2C(=O)NC3=O)C(=O)[C@@H](O)[C@H](O)[C@H]1O. The van der Waals surface area contributed by atoms with Gasteiger partial charge in [0.05, 0.1) is 11.1 Å². The van der Waals surface area contributed by atoms with Gasteiger partial charge in [0.2, 0.25) is 0 Å². The average molecular weight is 354 g/mol. The summed E-state index contributed by atoms with van der Waals surface area (Å²) >= 11 is 0.144. The molecule has 1 aromatic carbocycles.